The number of hydrogen-bond acceptors (Lipinski definition) is 1. The zero-order chi connectivity index (χ0) is 10.1. The molecule has 0 amide bonds. The third-order valence-corrected chi connectivity index (χ3v) is 0.333. The second-order valence-electron chi connectivity index (χ2n) is 0.902. The Bertz CT molecular complexity index is 42.8. The van der Waals surface area contributed by atoms with E-state index in [1.807, 2.05) is 53.7 Å². The Kier molecular flexibility index (Phi) is 250. The third kappa shape index (κ3) is 6270. The molecule has 0 radical (unpaired) electrons. The van der Waals surface area contributed by atoms with Crippen LogP contribution in [0.5, 0.6) is 0 Å². The Hall–Kier alpha value is -0.720. The summed E-state index contributed by atoms with van der Waals surface area (Å²) in [6.07, 6.45) is 5.25. The van der Waals surface area contributed by atoms with E-state index >= 15 is 0 Å². The molecule has 0 bridgehead atoms. The van der Waals surface area contributed by atoms with E-state index in [-0.39, 0.29) is 0 Å². The van der Waals surface area contributed by atoms with Gasteiger partial charge in [0.1, 0.15) is 0 Å². The lowest BCUT2D eigenvalue weighted by atomic mass is 10.6. The standard InChI is InChI=1S/C4H8.C2H5N.2C2H6/c1-3-4-2;1-2-3;2*1-2/h3-4H,1-2H3;2H,1,3H2;2*1-2H3/b4-3-;;;. The fourth-order valence-electron chi connectivity index (χ4n) is 0. The van der Waals surface area contributed by atoms with Crippen molar-refractivity contribution < 1.29 is 0 Å². The fourth-order valence-corrected chi connectivity index (χ4v) is 0. The second kappa shape index (κ2) is 122. The van der Waals surface area contributed by atoms with Crippen molar-refractivity contribution in [1.29, 1.82) is 0 Å². The third-order valence-electron chi connectivity index (χ3n) is 0.333. The second-order valence-corrected chi connectivity index (χ2v) is 0.902. The Morgan fingerprint density at radius 3 is 1.00 bits per heavy atom. The molecule has 0 aliphatic heterocycles. The van der Waals surface area contributed by atoms with Gasteiger partial charge in [-0.2, -0.15) is 0 Å². The maximum atomic E-state index is 4.61. The molecule has 70 valence electrons. The van der Waals surface area contributed by atoms with Gasteiger partial charge in [0.2, 0.25) is 0 Å². The van der Waals surface area contributed by atoms with E-state index in [0.717, 1.165) is 0 Å². The Balaban J connectivity index is -0.0000000315. The SMILES string of the molecule is C/C=C\C.C=CN.CC.CC. The first-order valence-electron chi connectivity index (χ1n) is 4.23. The minimum absolute atomic E-state index is 1.25. The lowest BCUT2D eigenvalue weighted by molar-refractivity contribution is 1.50. The molecule has 0 atom stereocenters. The van der Waals surface area contributed by atoms with Gasteiger partial charge in [-0.3, -0.25) is 0 Å². The van der Waals surface area contributed by atoms with Crippen molar-refractivity contribution in [1.82, 2.24) is 0 Å². The highest BCUT2D eigenvalue weighted by Gasteiger charge is 1.34. The quantitative estimate of drug-likeness (QED) is 0.536. The predicted molar refractivity (Wildman–Crippen MR) is 57.6 cm³/mol. The van der Waals surface area contributed by atoms with Gasteiger partial charge in [0.05, 0.1) is 0 Å². The molecule has 1 nitrogen and oxygen atoms in total. The van der Waals surface area contributed by atoms with Gasteiger partial charge in [-0.25, -0.2) is 0 Å². The lowest BCUT2D eigenvalue weighted by Crippen LogP contribution is -1.67. The molecule has 0 unspecified atom stereocenters. The first-order chi connectivity index (χ1) is 5.33. The highest BCUT2D eigenvalue weighted by Crippen LogP contribution is 1.57. The first kappa shape index (κ1) is 22.4. The van der Waals surface area contributed by atoms with Crippen LogP contribution in [0.4, 0.5) is 0 Å². The number of hydrogen-bond donors (Lipinski definition) is 1. The molecule has 11 heavy (non-hydrogen) atoms. The minimum atomic E-state index is 1.25. The summed E-state index contributed by atoms with van der Waals surface area (Å²) in [7, 11) is 0. The number of allylic oxidation sites excluding steroid dienone is 2. The fraction of sp³-hybridized carbons (Fsp3) is 0.600. The van der Waals surface area contributed by atoms with Crippen molar-refractivity contribution in [3.05, 3.63) is 24.9 Å². The molecular weight excluding hydrogens is 134 g/mol. The molecule has 0 saturated heterocycles. The van der Waals surface area contributed by atoms with Gasteiger partial charge >= 0.3 is 0 Å². The maximum Gasteiger partial charge on any atom is -0.0136 e. The summed E-state index contributed by atoms with van der Waals surface area (Å²) in [5.74, 6) is 0. The molecule has 0 aliphatic rings. The van der Waals surface area contributed by atoms with Crippen molar-refractivity contribution in [2.75, 3.05) is 0 Å². The molecule has 1 heteroatoms. The van der Waals surface area contributed by atoms with Crippen LogP contribution in [0.3, 0.4) is 0 Å². The van der Waals surface area contributed by atoms with Gasteiger partial charge in [-0.15, -0.1) is 0 Å². The Morgan fingerprint density at radius 2 is 1.00 bits per heavy atom. The minimum Gasteiger partial charge on any atom is -0.405 e. The van der Waals surface area contributed by atoms with E-state index in [0.29, 0.717) is 0 Å². The molecule has 0 rings (SSSR count). The smallest absolute Gasteiger partial charge is 0.0136 e. The van der Waals surface area contributed by atoms with Crippen LogP contribution in [0.2, 0.25) is 0 Å². The first-order valence-corrected chi connectivity index (χ1v) is 4.23. The zero-order valence-corrected chi connectivity index (χ0v) is 9.02. The normalized spacial score (nSPS) is 5.64. The summed E-state index contributed by atoms with van der Waals surface area (Å²) in [6, 6.07) is 0. The van der Waals surface area contributed by atoms with E-state index < -0.39 is 0 Å². The van der Waals surface area contributed by atoms with Crippen molar-refractivity contribution in [2.45, 2.75) is 41.5 Å². The monoisotopic (exact) mass is 159 g/mol. The molecule has 0 aromatic heterocycles. The lowest BCUT2D eigenvalue weighted by Gasteiger charge is -1.49. The number of rotatable bonds is 0. The predicted octanol–water partition coefficient (Wildman–Crippen LogP) is 3.72. The molecule has 0 spiro atoms. The van der Waals surface area contributed by atoms with E-state index in [1.165, 1.54) is 6.20 Å². The van der Waals surface area contributed by atoms with Gasteiger partial charge in [0.15, 0.2) is 0 Å². The summed E-state index contributed by atoms with van der Waals surface area (Å²) < 4.78 is 0. The topological polar surface area (TPSA) is 26.0 Å². The van der Waals surface area contributed by atoms with E-state index in [1.54, 1.807) is 0 Å². The Labute approximate surface area is 73.0 Å². The van der Waals surface area contributed by atoms with Crippen molar-refractivity contribution >= 4 is 0 Å². The summed E-state index contributed by atoms with van der Waals surface area (Å²) >= 11 is 0. The van der Waals surface area contributed by atoms with Crippen LogP contribution in [-0.2, 0) is 0 Å². The van der Waals surface area contributed by atoms with Crippen LogP contribution in [0.25, 0.3) is 0 Å². The van der Waals surface area contributed by atoms with Crippen LogP contribution < -0.4 is 5.73 Å². The van der Waals surface area contributed by atoms with Crippen LogP contribution >= 0.6 is 0 Å². The highest BCUT2D eigenvalue weighted by atomic mass is 14.5. The molecule has 2 N–H and O–H groups in total. The average Bonchev–Trinajstić information content (AvgIpc) is 2.12. The zero-order valence-electron chi connectivity index (χ0n) is 9.02. The molecule has 0 heterocycles. The van der Waals surface area contributed by atoms with Gasteiger partial charge in [0, 0.05) is 0 Å². The van der Waals surface area contributed by atoms with Crippen molar-refractivity contribution in [3.63, 3.8) is 0 Å². The summed E-state index contributed by atoms with van der Waals surface area (Å²) in [5.41, 5.74) is 4.61. The maximum absolute atomic E-state index is 4.61. The van der Waals surface area contributed by atoms with Gasteiger partial charge in [0.25, 0.3) is 0 Å². The van der Waals surface area contributed by atoms with E-state index in [2.05, 4.69) is 12.3 Å². The summed E-state index contributed by atoms with van der Waals surface area (Å²) in [5, 5.41) is 0. The van der Waals surface area contributed by atoms with E-state index in [4.69, 9.17) is 0 Å². The van der Waals surface area contributed by atoms with Gasteiger partial charge in [-0.05, 0) is 20.0 Å². The highest BCUT2D eigenvalue weighted by molar-refractivity contribution is 4.68. The van der Waals surface area contributed by atoms with Crippen LogP contribution in [-0.4, -0.2) is 0 Å². The van der Waals surface area contributed by atoms with Crippen LogP contribution in [0.15, 0.2) is 24.9 Å². The molecular formula is C10H25N. The Morgan fingerprint density at radius 1 is 0.909 bits per heavy atom. The number of nitrogens with two attached hydrogens (primary N) is 1. The van der Waals surface area contributed by atoms with Crippen molar-refractivity contribution in [3.8, 4) is 0 Å². The van der Waals surface area contributed by atoms with Crippen LogP contribution in [0, 0.1) is 0 Å². The van der Waals surface area contributed by atoms with Gasteiger partial charge in [-0.1, -0.05) is 46.4 Å². The largest absolute Gasteiger partial charge is 0.405 e. The van der Waals surface area contributed by atoms with E-state index in [9.17, 15) is 0 Å². The molecule has 0 aromatic rings. The molecule has 0 aliphatic carbocycles. The summed E-state index contributed by atoms with van der Waals surface area (Å²) in [4.78, 5) is 0. The molecule has 0 saturated carbocycles. The van der Waals surface area contributed by atoms with Gasteiger partial charge < -0.3 is 5.73 Å². The average molecular weight is 159 g/mol. The summed E-state index contributed by atoms with van der Waals surface area (Å²) in [6.45, 7) is 15.1. The van der Waals surface area contributed by atoms with Crippen LogP contribution in [0.1, 0.15) is 41.5 Å². The molecule has 0 fully saturated rings. The molecule has 0 aromatic carbocycles. The van der Waals surface area contributed by atoms with Crippen molar-refractivity contribution in [2.24, 2.45) is 5.73 Å².